The lowest BCUT2D eigenvalue weighted by atomic mass is 9.99. The number of carbonyl (C=O) groups is 2. The van der Waals surface area contributed by atoms with Gasteiger partial charge in [0.25, 0.3) is 0 Å². The number of aliphatic carboxylic acids is 1. The van der Waals surface area contributed by atoms with Crippen molar-refractivity contribution in [3.05, 3.63) is 29.0 Å². The lowest BCUT2D eigenvalue weighted by Crippen LogP contribution is -2.32. The molecule has 21 heavy (non-hydrogen) atoms. The van der Waals surface area contributed by atoms with Crippen molar-refractivity contribution in [3.63, 3.8) is 0 Å². The normalized spacial score (nSPS) is 22.2. The van der Waals surface area contributed by atoms with Crippen LogP contribution in [-0.2, 0) is 9.59 Å². The highest BCUT2D eigenvalue weighted by Crippen LogP contribution is 2.23. The number of carbonyl (C=O) groups excluding carboxylic acids is 1. The van der Waals surface area contributed by atoms with Gasteiger partial charge in [-0.2, -0.15) is 0 Å². The fourth-order valence-electron chi connectivity index (χ4n) is 2.50. The highest BCUT2D eigenvalue weighted by atomic mass is 35.5. The third-order valence-electron chi connectivity index (χ3n) is 3.58. The number of likely N-dealkylation sites (tertiary alicyclic amines) is 1. The van der Waals surface area contributed by atoms with Gasteiger partial charge >= 0.3 is 5.97 Å². The van der Waals surface area contributed by atoms with Crippen molar-refractivity contribution in [2.75, 3.05) is 25.0 Å². The zero-order valence-corrected chi connectivity index (χ0v) is 12.2. The van der Waals surface area contributed by atoms with Crippen molar-refractivity contribution < 1.29 is 19.1 Å². The minimum absolute atomic E-state index is 0.00978. The topological polar surface area (TPSA) is 69.6 Å². The summed E-state index contributed by atoms with van der Waals surface area (Å²) < 4.78 is 13.0. The number of nitrogens with one attached hydrogen (secondary N) is 1. The standard InChI is InChI=1S/C14H16ClFN2O3/c1-8-5-18(6-10(8)14(20)21)7-13(19)17-9-2-3-12(16)11(15)4-9/h2-4,8,10H,5-7H2,1H3,(H,17,19)(H,20,21)/t8-,10-/m1/s1. The molecule has 1 saturated heterocycles. The molecule has 0 aliphatic carbocycles. The number of carboxylic acid groups (broad SMARTS) is 1. The zero-order chi connectivity index (χ0) is 15.6. The first-order valence-corrected chi connectivity index (χ1v) is 6.94. The summed E-state index contributed by atoms with van der Waals surface area (Å²) in [7, 11) is 0. The summed E-state index contributed by atoms with van der Waals surface area (Å²) in [5.74, 6) is -2.10. The third-order valence-corrected chi connectivity index (χ3v) is 3.87. The van der Waals surface area contributed by atoms with Gasteiger partial charge < -0.3 is 10.4 Å². The van der Waals surface area contributed by atoms with Crippen molar-refractivity contribution in [1.82, 2.24) is 4.90 Å². The van der Waals surface area contributed by atoms with Crippen molar-refractivity contribution in [1.29, 1.82) is 0 Å². The molecule has 2 N–H and O–H groups in total. The molecule has 5 nitrogen and oxygen atoms in total. The molecule has 0 bridgehead atoms. The van der Waals surface area contributed by atoms with Gasteiger partial charge in [-0.1, -0.05) is 18.5 Å². The van der Waals surface area contributed by atoms with Crippen LogP contribution in [0.3, 0.4) is 0 Å². The van der Waals surface area contributed by atoms with E-state index in [1.54, 1.807) is 4.90 Å². The van der Waals surface area contributed by atoms with Gasteiger partial charge in [-0.05, 0) is 24.1 Å². The van der Waals surface area contributed by atoms with E-state index in [9.17, 15) is 14.0 Å². The van der Waals surface area contributed by atoms with Crippen molar-refractivity contribution in [3.8, 4) is 0 Å². The highest BCUT2D eigenvalue weighted by Gasteiger charge is 2.35. The number of nitrogens with zero attached hydrogens (tertiary/aromatic N) is 1. The summed E-state index contributed by atoms with van der Waals surface area (Å²) in [5, 5.41) is 11.6. The molecule has 1 aromatic rings. The van der Waals surface area contributed by atoms with E-state index in [0.717, 1.165) is 0 Å². The minimum Gasteiger partial charge on any atom is -0.481 e. The molecule has 114 valence electrons. The number of benzene rings is 1. The van der Waals surface area contributed by atoms with E-state index in [2.05, 4.69) is 5.32 Å². The lowest BCUT2D eigenvalue weighted by Gasteiger charge is -2.15. The number of rotatable bonds is 4. The summed E-state index contributed by atoms with van der Waals surface area (Å²) in [4.78, 5) is 24.7. The molecule has 1 amide bonds. The Kier molecular flexibility index (Phi) is 4.80. The summed E-state index contributed by atoms with van der Waals surface area (Å²) in [6.45, 7) is 2.88. The van der Waals surface area contributed by atoms with Crippen LogP contribution in [0.5, 0.6) is 0 Å². The maximum atomic E-state index is 13.0. The first-order chi connectivity index (χ1) is 9.86. The largest absolute Gasteiger partial charge is 0.481 e. The number of hydrogen-bond acceptors (Lipinski definition) is 3. The Morgan fingerprint density at radius 2 is 2.19 bits per heavy atom. The predicted molar refractivity (Wildman–Crippen MR) is 76.8 cm³/mol. The number of hydrogen-bond donors (Lipinski definition) is 2. The smallest absolute Gasteiger partial charge is 0.308 e. The summed E-state index contributed by atoms with van der Waals surface area (Å²) in [6, 6.07) is 3.93. The van der Waals surface area contributed by atoms with E-state index in [0.29, 0.717) is 18.8 Å². The Morgan fingerprint density at radius 1 is 1.48 bits per heavy atom. The molecular formula is C14H16ClFN2O3. The number of amides is 1. The minimum atomic E-state index is -0.837. The molecule has 2 atom stereocenters. The Bertz CT molecular complexity index is 567. The second-order valence-electron chi connectivity index (χ2n) is 5.29. The fourth-order valence-corrected chi connectivity index (χ4v) is 2.68. The van der Waals surface area contributed by atoms with E-state index in [-0.39, 0.29) is 23.4 Å². The molecule has 0 saturated carbocycles. The number of carboxylic acids is 1. The molecule has 1 fully saturated rings. The molecule has 1 aliphatic heterocycles. The Hall–Kier alpha value is -1.66. The Morgan fingerprint density at radius 3 is 2.76 bits per heavy atom. The number of halogens is 2. The van der Waals surface area contributed by atoms with E-state index < -0.39 is 17.7 Å². The Balaban J connectivity index is 1.90. The molecule has 1 aliphatic rings. The summed E-state index contributed by atoms with van der Waals surface area (Å²) in [5.41, 5.74) is 0.411. The molecule has 2 rings (SSSR count). The SMILES string of the molecule is C[C@@H]1CN(CC(=O)Nc2ccc(F)c(Cl)c2)C[C@H]1C(=O)O. The molecule has 0 radical (unpaired) electrons. The van der Waals surface area contributed by atoms with Gasteiger partial charge in [0.1, 0.15) is 5.82 Å². The van der Waals surface area contributed by atoms with Crippen LogP contribution in [0.2, 0.25) is 5.02 Å². The van der Waals surface area contributed by atoms with Crippen LogP contribution in [0.15, 0.2) is 18.2 Å². The molecule has 0 aromatic heterocycles. The first-order valence-electron chi connectivity index (χ1n) is 6.57. The number of anilines is 1. The molecule has 1 heterocycles. The molecule has 0 spiro atoms. The van der Waals surface area contributed by atoms with Gasteiger partial charge in [0.05, 0.1) is 17.5 Å². The highest BCUT2D eigenvalue weighted by molar-refractivity contribution is 6.31. The van der Waals surface area contributed by atoms with Gasteiger partial charge in [-0.25, -0.2) is 4.39 Å². The van der Waals surface area contributed by atoms with Crippen LogP contribution in [0.25, 0.3) is 0 Å². The van der Waals surface area contributed by atoms with Gasteiger partial charge in [0.15, 0.2) is 0 Å². The maximum absolute atomic E-state index is 13.0. The van der Waals surface area contributed by atoms with E-state index in [4.69, 9.17) is 16.7 Å². The molecule has 1 aromatic carbocycles. The molecule has 7 heteroatoms. The van der Waals surface area contributed by atoms with Crippen molar-refractivity contribution in [2.45, 2.75) is 6.92 Å². The van der Waals surface area contributed by atoms with Crippen LogP contribution in [0.4, 0.5) is 10.1 Å². The summed E-state index contributed by atoms with van der Waals surface area (Å²) in [6.07, 6.45) is 0. The molecule has 0 unspecified atom stereocenters. The van der Waals surface area contributed by atoms with Gasteiger partial charge in [0, 0.05) is 18.8 Å². The van der Waals surface area contributed by atoms with Gasteiger partial charge in [0.2, 0.25) is 5.91 Å². The zero-order valence-electron chi connectivity index (χ0n) is 11.5. The predicted octanol–water partition coefficient (Wildman–Crippen LogP) is 2.07. The van der Waals surface area contributed by atoms with Gasteiger partial charge in [-0.15, -0.1) is 0 Å². The van der Waals surface area contributed by atoms with Crippen LogP contribution in [-0.4, -0.2) is 41.5 Å². The van der Waals surface area contributed by atoms with E-state index in [1.807, 2.05) is 6.92 Å². The van der Waals surface area contributed by atoms with Crippen molar-refractivity contribution >= 4 is 29.2 Å². The van der Waals surface area contributed by atoms with Crippen LogP contribution >= 0.6 is 11.6 Å². The summed E-state index contributed by atoms with van der Waals surface area (Å²) >= 11 is 5.64. The van der Waals surface area contributed by atoms with E-state index in [1.165, 1.54) is 18.2 Å². The monoisotopic (exact) mass is 314 g/mol. The first kappa shape index (κ1) is 15.7. The van der Waals surface area contributed by atoms with Crippen LogP contribution in [0.1, 0.15) is 6.92 Å². The van der Waals surface area contributed by atoms with Crippen LogP contribution in [0, 0.1) is 17.7 Å². The molecular weight excluding hydrogens is 299 g/mol. The third kappa shape index (κ3) is 3.92. The van der Waals surface area contributed by atoms with E-state index >= 15 is 0 Å². The quantitative estimate of drug-likeness (QED) is 0.892. The lowest BCUT2D eigenvalue weighted by molar-refractivity contribution is -0.142. The van der Waals surface area contributed by atoms with Crippen LogP contribution < -0.4 is 5.32 Å². The maximum Gasteiger partial charge on any atom is 0.308 e. The van der Waals surface area contributed by atoms with Crippen molar-refractivity contribution in [2.24, 2.45) is 11.8 Å². The fraction of sp³-hybridized carbons (Fsp3) is 0.429. The average Bonchev–Trinajstić information content (AvgIpc) is 2.75. The Labute approximate surface area is 126 Å². The second-order valence-corrected chi connectivity index (χ2v) is 5.70. The van der Waals surface area contributed by atoms with Gasteiger partial charge in [-0.3, -0.25) is 14.5 Å². The second kappa shape index (κ2) is 6.41. The average molecular weight is 315 g/mol.